The van der Waals surface area contributed by atoms with Gasteiger partial charge in [0.05, 0.1) is 0 Å². The molecule has 0 atom stereocenters. The van der Waals surface area contributed by atoms with E-state index < -0.39 is 5.97 Å². The Balaban J connectivity index is 2.84. The van der Waals surface area contributed by atoms with Crippen LogP contribution in [0.3, 0.4) is 0 Å². The van der Waals surface area contributed by atoms with Crippen LogP contribution in [0.5, 0.6) is 0 Å². The molecule has 1 aromatic heterocycles. The van der Waals surface area contributed by atoms with Crippen molar-refractivity contribution in [1.29, 1.82) is 0 Å². The van der Waals surface area contributed by atoms with Crippen molar-refractivity contribution in [3.05, 3.63) is 11.4 Å². The van der Waals surface area contributed by atoms with Crippen molar-refractivity contribution in [2.75, 3.05) is 0 Å². The lowest BCUT2D eigenvalue weighted by molar-refractivity contribution is 0.0684. The molecule has 0 aromatic carbocycles. The predicted molar refractivity (Wildman–Crippen MR) is 39.8 cm³/mol. The number of carboxylic acid groups (broad SMARTS) is 1. The van der Waals surface area contributed by atoms with Gasteiger partial charge in [0.1, 0.15) is 5.69 Å². The van der Waals surface area contributed by atoms with Crippen LogP contribution in [0.25, 0.3) is 0 Å². The molecule has 0 aliphatic heterocycles. The molecule has 0 aliphatic rings. The van der Waals surface area contributed by atoms with Gasteiger partial charge in [-0.3, -0.25) is 0 Å². The zero-order valence-electron chi connectivity index (χ0n) is 6.94. The molecule has 0 amide bonds. The van der Waals surface area contributed by atoms with Gasteiger partial charge in [-0.05, 0) is 17.5 Å². The zero-order chi connectivity index (χ0) is 9.14. The van der Waals surface area contributed by atoms with Gasteiger partial charge in [-0.1, -0.05) is 19.0 Å². The van der Waals surface area contributed by atoms with Crippen LogP contribution in [0, 0.1) is 5.92 Å². The van der Waals surface area contributed by atoms with Gasteiger partial charge in [0.25, 0.3) is 0 Å². The van der Waals surface area contributed by atoms with Crippen LogP contribution < -0.4 is 0 Å². The van der Waals surface area contributed by atoms with Crippen LogP contribution in [-0.4, -0.2) is 21.4 Å². The van der Waals surface area contributed by atoms with Crippen LogP contribution in [0.1, 0.15) is 30.0 Å². The third-order valence-electron chi connectivity index (χ3n) is 1.36. The largest absolute Gasteiger partial charge is 0.476 e. The average molecular weight is 170 g/mol. The first-order chi connectivity index (χ1) is 5.61. The summed E-state index contributed by atoms with van der Waals surface area (Å²) in [4.78, 5) is 10.5. The fraction of sp³-hybridized carbons (Fsp3) is 0.571. The van der Waals surface area contributed by atoms with Gasteiger partial charge in [-0.15, -0.1) is 0 Å². The monoisotopic (exact) mass is 170 g/mol. The summed E-state index contributed by atoms with van der Waals surface area (Å²) in [5.41, 5.74) is 0.334. The van der Waals surface area contributed by atoms with E-state index in [0.717, 1.165) is 0 Å². The standard InChI is InChI=1S/C7H10N2O3/c1-4(2)3-5-6(7(10)11)9-12-8-5/h4H,3H2,1-2H3,(H,10,11). The van der Waals surface area contributed by atoms with Gasteiger partial charge >= 0.3 is 5.97 Å². The van der Waals surface area contributed by atoms with Crippen molar-refractivity contribution in [1.82, 2.24) is 10.3 Å². The fourth-order valence-electron chi connectivity index (χ4n) is 0.890. The smallest absolute Gasteiger partial charge is 0.360 e. The molecule has 0 unspecified atom stereocenters. The summed E-state index contributed by atoms with van der Waals surface area (Å²) in [6.45, 7) is 3.95. The molecular formula is C7H10N2O3. The van der Waals surface area contributed by atoms with E-state index in [4.69, 9.17) is 5.11 Å². The lowest BCUT2D eigenvalue weighted by Crippen LogP contribution is -2.04. The lowest BCUT2D eigenvalue weighted by atomic mass is 10.1. The number of nitrogens with zero attached hydrogens (tertiary/aromatic N) is 2. The minimum Gasteiger partial charge on any atom is -0.476 e. The second-order valence-corrected chi connectivity index (χ2v) is 2.96. The molecular weight excluding hydrogens is 160 g/mol. The molecule has 5 nitrogen and oxygen atoms in total. The molecule has 0 radical (unpaired) electrons. The van der Waals surface area contributed by atoms with Gasteiger partial charge in [0, 0.05) is 0 Å². The van der Waals surface area contributed by atoms with Crippen molar-refractivity contribution in [2.24, 2.45) is 5.92 Å². The van der Waals surface area contributed by atoms with E-state index in [9.17, 15) is 4.79 Å². The van der Waals surface area contributed by atoms with Crippen molar-refractivity contribution < 1.29 is 14.5 Å². The molecule has 66 valence electrons. The van der Waals surface area contributed by atoms with Gasteiger partial charge in [0.15, 0.2) is 0 Å². The molecule has 5 heteroatoms. The molecule has 0 saturated heterocycles. The highest BCUT2D eigenvalue weighted by atomic mass is 16.6. The highest BCUT2D eigenvalue weighted by Crippen LogP contribution is 2.08. The van der Waals surface area contributed by atoms with Crippen molar-refractivity contribution in [3.63, 3.8) is 0 Å². The van der Waals surface area contributed by atoms with E-state index in [0.29, 0.717) is 18.0 Å². The summed E-state index contributed by atoms with van der Waals surface area (Å²) in [6.07, 6.45) is 0.575. The van der Waals surface area contributed by atoms with Gasteiger partial charge in [-0.25, -0.2) is 9.42 Å². The number of carbonyl (C=O) groups is 1. The van der Waals surface area contributed by atoms with Crippen molar-refractivity contribution in [2.45, 2.75) is 20.3 Å². The summed E-state index contributed by atoms with van der Waals surface area (Å²) in [5, 5.41) is 15.4. The van der Waals surface area contributed by atoms with Gasteiger partial charge in [-0.2, -0.15) is 0 Å². The Labute approximate surface area is 69.3 Å². The number of carboxylic acids is 1. The van der Waals surface area contributed by atoms with E-state index >= 15 is 0 Å². The molecule has 1 heterocycles. The van der Waals surface area contributed by atoms with E-state index in [2.05, 4.69) is 14.9 Å². The Morgan fingerprint density at radius 1 is 1.58 bits per heavy atom. The Morgan fingerprint density at radius 2 is 2.25 bits per heavy atom. The SMILES string of the molecule is CC(C)Cc1nonc1C(=O)O. The maximum absolute atomic E-state index is 10.5. The molecule has 12 heavy (non-hydrogen) atoms. The normalized spacial score (nSPS) is 10.6. The Morgan fingerprint density at radius 3 is 2.75 bits per heavy atom. The second kappa shape index (κ2) is 3.34. The van der Waals surface area contributed by atoms with E-state index in [-0.39, 0.29) is 5.69 Å². The molecule has 1 N–H and O–H groups in total. The molecule has 0 aliphatic carbocycles. The van der Waals surface area contributed by atoms with Crippen LogP contribution in [-0.2, 0) is 6.42 Å². The third kappa shape index (κ3) is 1.81. The minimum absolute atomic E-state index is 0.0799. The summed E-state index contributed by atoms with van der Waals surface area (Å²) < 4.78 is 4.33. The Bertz CT molecular complexity index is 280. The summed E-state index contributed by atoms with van der Waals surface area (Å²) in [5.74, 6) is -0.748. The fourth-order valence-corrected chi connectivity index (χ4v) is 0.890. The zero-order valence-corrected chi connectivity index (χ0v) is 6.94. The predicted octanol–water partition coefficient (Wildman–Crippen LogP) is 0.966. The van der Waals surface area contributed by atoms with Crippen LogP contribution in [0.4, 0.5) is 0 Å². The number of aromatic nitrogens is 2. The highest BCUT2D eigenvalue weighted by molar-refractivity contribution is 5.86. The lowest BCUT2D eigenvalue weighted by Gasteiger charge is -1.98. The van der Waals surface area contributed by atoms with Crippen LogP contribution in [0.2, 0.25) is 0 Å². The average Bonchev–Trinajstić information content (AvgIpc) is 2.33. The first-order valence-corrected chi connectivity index (χ1v) is 3.66. The summed E-state index contributed by atoms with van der Waals surface area (Å²) in [7, 11) is 0. The second-order valence-electron chi connectivity index (χ2n) is 2.96. The minimum atomic E-state index is -1.09. The molecule has 0 fully saturated rings. The quantitative estimate of drug-likeness (QED) is 0.731. The number of rotatable bonds is 3. The van der Waals surface area contributed by atoms with E-state index in [1.54, 1.807) is 0 Å². The first kappa shape index (κ1) is 8.70. The topological polar surface area (TPSA) is 76.2 Å². The summed E-state index contributed by atoms with van der Waals surface area (Å²) in [6, 6.07) is 0. The van der Waals surface area contributed by atoms with E-state index in [1.165, 1.54) is 0 Å². The maximum atomic E-state index is 10.5. The number of hydrogen-bond donors (Lipinski definition) is 1. The number of aromatic carboxylic acids is 1. The molecule has 0 bridgehead atoms. The number of hydrogen-bond acceptors (Lipinski definition) is 4. The Kier molecular flexibility index (Phi) is 2.42. The molecule has 0 saturated carbocycles. The first-order valence-electron chi connectivity index (χ1n) is 3.66. The summed E-state index contributed by atoms with van der Waals surface area (Å²) >= 11 is 0. The van der Waals surface area contributed by atoms with Crippen molar-refractivity contribution in [3.8, 4) is 0 Å². The highest BCUT2D eigenvalue weighted by Gasteiger charge is 2.17. The maximum Gasteiger partial charge on any atom is 0.360 e. The van der Waals surface area contributed by atoms with Gasteiger partial charge < -0.3 is 5.11 Å². The van der Waals surface area contributed by atoms with Gasteiger partial charge in [0.2, 0.25) is 5.69 Å². The molecule has 1 aromatic rings. The molecule has 0 spiro atoms. The van der Waals surface area contributed by atoms with Crippen LogP contribution in [0.15, 0.2) is 4.63 Å². The molecule has 1 rings (SSSR count). The Hall–Kier alpha value is -1.39. The van der Waals surface area contributed by atoms with Crippen LogP contribution >= 0.6 is 0 Å². The third-order valence-corrected chi connectivity index (χ3v) is 1.36. The van der Waals surface area contributed by atoms with E-state index in [1.807, 2.05) is 13.8 Å². The van der Waals surface area contributed by atoms with Crippen molar-refractivity contribution >= 4 is 5.97 Å².